The number of rotatable bonds is 5. The predicted octanol–water partition coefficient (Wildman–Crippen LogP) is 3.97. The lowest BCUT2D eigenvalue weighted by Gasteiger charge is -2.29. The fourth-order valence-corrected chi connectivity index (χ4v) is 4.23. The van der Waals surface area contributed by atoms with E-state index in [0.717, 1.165) is 53.7 Å². The molecule has 0 aromatic carbocycles. The van der Waals surface area contributed by atoms with Crippen LogP contribution in [0.25, 0.3) is 22.2 Å². The van der Waals surface area contributed by atoms with Crippen molar-refractivity contribution >= 4 is 16.7 Å². The Labute approximate surface area is 179 Å². The molecule has 8 nitrogen and oxygen atoms in total. The lowest BCUT2D eigenvalue weighted by atomic mass is 9.93. The van der Waals surface area contributed by atoms with Gasteiger partial charge in [-0.25, -0.2) is 14.4 Å². The summed E-state index contributed by atoms with van der Waals surface area (Å²) in [6, 6.07) is 5.20. The highest BCUT2D eigenvalue weighted by Crippen LogP contribution is 2.36. The third kappa shape index (κ3) is 3.71. The fraction of sp³-hybridized carbons (Fsp3) is 0.364. The van der Waals surface area contributed by atoms with Crippen LogP contribution in [0.4, 0.5) is 10.2 Å². The molecular weight excluding hydrogens is 397 g/mol. The van der Waals surface area contributed by atoms with E-state index in [-0.39, 0.29) is 18.0 Å². The molecule has 31 heavy (non-hydrogen) atoms. The maximum absolute atomic E-state index is 13.9. The van der Waals surface area contributed by atoms with E-state index >= 15 is 0 Å². The number of hydrogen-bond acceptors (Lipinski definition) is 6. The van der Waals surface area contributed by atoms with E-state index in [1.807, 2.05) is 38.8 Å². The van der Waals surface area contributed by atoms with Crippen molar-refractivity contribution in [2.45, 2.75) is 37.8 Å². The van der Waals surface area contributed by atoms with E-state index in [0.29, 0.717) is 0 Å². The van der Waals surface area contributed by atoms with Gasteiger partial charge in [-0.2, -0.15) is 10.2 Å². The Morgan fingerprint density at radius 3 is 2.71 bits per heavy atom. The van der Waals surface area contributed by atoms with Gasteiger partial charge in [0.05, 0.1) is 17.8 Å². The van der Waals surface area contributed by atoms with Gasteiger partial charge < -0.3 is 10.1 Å². The van der Waals surface area contributed by atoms with Crippen LogP contribution >= 0.6 is 0 Å². The highest BCUT2D eigenvalue weighted by molar-refractivity contribution is 5.93. The number of aromatic nitrogens is 6. The highest BCUT2D eigenvalue weighted by Gasteiger charge is 2.27. The highest BCUT2D eigenvalue weighted by atomic mass is 19.1. The zero-order chi connectivity index (χ0) is 21.4. The number of aryl methyl sites for hydroxylation is 1. The molecule has 0 aliphatic heterocycles. The van der Waals surface area contributed by atoms with E-state index in [4.69, 9.17) is 9.84 Å². The molecule has 1 aliphatic carbocycles. The van der Waals surface area contributed by atoms with Crippen LogP contribution in [0.3, 0.4) is 0 Å². The van der Waals surface area contributed by atoms with Crippen molar-refractivity contribution in [2.75, 3.05) is 12.4 Å². The first-order valence-corrected chi connectivity index (χ1v) is 10.4. The number of hydrogen-bond donors (Lipinski definition) is 1. The molecule has 0 radical (unpaired) electrons. The monoisotopic (exact) mass is 421 g/mol. The van der Waals surface area contributed by atoms with Gasteiger partial charge in [0.25, 0.3) is 5.88 Å². The van der Waals surface area contributed by atoms with Gasteiger partial charge in [0, 0.05) is 49.7 Å². The average Bonchev–Trinajstić information content (AvgIpc) is 3.39. The molecule has 0 saturated heterocycles. The molecule has 1 N–H and O–H groups in total. The molecule has 0 amide bonds. The second-order valence-corrected chi connectivity index (χ2v) is 7.87. The quantitative estimate of drug-likeness (QED) is 0.525. The third-order valence-electron chi connectivity index (χ3n) is 5.82. The van der Waals surface area contributed by atoms with Crippen LogP contribution in [0.15, 0.2) is 43.0 Å². The Balaban J connectivity index is 1.42. The maximum Gasteiger partial charge on any atom is 0.250 e. The van der Waals surface area contributed by atoms with Crippen LogP contribution in [0.1, 0.15) is 31.7 Å². The second kappa shape index (κ2) is 7.98. The zero-order valence-electron chi connectivity index (χ0n) is 17.5. The SMILES string of the molecule is CNc1cc2c(cn1)c(-c1cnn(C)c1)nn2[C@H]1CC[C@@H](Oc2ncccc2F)CC1. The average molecular weight is 421 g/mol. The summed E-state index contributed by atoms with van der Waals surface area (Å²) in [6.07, 6.45) is 10.6. The van der Waals surface area contributed by atoms with E-state index < -0.39 is 5.82 Å². The Bertz CT molecular complexity index is 1210. The first-order valence-electron chi connectivity index (χ1n) is 10.4. The van der Waals surface area contributed by atoms with Crippen LogP contribution in [-0.2, 0) is 7.05 Å². The fourth-order valence-electron chi connectivity index (χ4n) is 4.23. The molecule has 0 bridgehead atoms. The standard InChI is InChI=1S/C22H24FN7O/c1-24-20-10-19-17(12-26-20)21(14-11-27-29(2)13-14)28-30(19)15-5-7-16(8-6-15)31-22-18(23)4-3-9-25-22/h3-4,9-13,15-16H,5-8H2,1-2H3,(H,24,26)/t15-,16+. The van der Waals surface area contributed by atoms with Crippen molar-refractivity contribution in [3.05, 3.63) is 48.8 Å². The van der Waals surface area contributed by atoms with Crippen LogP contribution in [0.2, 0.25) is 0 Å². The van der Waals surface area contributed by atoms with Gasteiger partial charge in [-0.15, -0.1) is 0 Å². The summed E-state index contributed by atoms with van der Waals surface area (Å²) in [7, 11) is 3.75. The Morgan fingerprint density at radius 1 is 1.16 bits per heavy atom. The maximum atomic E-state index is 13.9. The molecule has 5 rings (SSSR count). The molecular formula is C22H24FN7O. The van der Waals surface area contributed by atoms with Crippen molar-refractivity contribution in [3.63, 3.8) is 0 Å². The smallest absolute Gasteiger partial charge is 0.250 e. The van der Waals surface area contributed by atoms with E-state index in [1.54, 1.807) is 16.9 Å². The van der Waals surface area contributed by atoms with Crippen LogP contribution in [0, 0.1) is 5.82 Å². The summed E-state index contributed by atoms with van der Waals surface area (Å²) in [5.74, 6) is 0.462. The first kappa shape index (κ1) is 19.5. The molecule has 0 atom stereocenters. The Morgan fingerprint density at radius 2 is 2.00 bits per heavy atom. The summed E-state index contributed by atoms with van der Waals surface area (Å²) in [5, 5.41) is 13.4. The van der Waals surface area contributed by atoms with Gasteiger partial charge in [-0.05, 0) is 37.8 Å². The lowest BCUT2D eigenvalue weighted by molar-refractivity contribution is 0.120. The normalized spacial score (nSPS) is 18.9. The van der Waals surface area contributed by atoms with Gasteiger partial charge in [0.2, 0.25) is 0 Å². The van der Waals surface area contributed by atoms with Crippen molar-refractivity contribution in [1.29, 1.82) is 0 Å². The molecule has 4 aromatic rings. The Hall–Kier alpha value is -3.49. The molecule has 0 unspecified atom stereocenters. The molecule has 1 aliphatic rings. The number of nitrogens with zero attached hydrogens (tertiary/aromatic N) is 6. The number of anilines is 1. The minimum atomic E-state index is -0.420. The number of ether oxygens (including phenoxy) is 1. The third-order valence-corrected chi connectivity index (χ3v) is 5.82. The number of nitrogens with one attached hydrogen (secondary N) is 1. The van der Waals surface area contributed by atoms with Gasteiger partial charge in [0.1, 0.15) is 17.6 Å². The minimum absolute atomic E-state index is 0.0465. The molecule has 0 spiro atoms. The number of halogens is 1. The van der Waals surface area contributed by atoms with Gasteiger partial charge in [0.15, 0.2) is 5.82 Å². The minimum Gasteiger partial charge on any atom is -0.472 e. The first-order chi connectivity index (χ1) is 15.1. The molecule has 160 valence electrons. The largest absolute Gasteiger partial charge is 0.472 e. The van der Waals surface area contributed by atoms with Crippen molar-refractivity contribution < 1.29 is 9.13 Å². The van der Waals surface area contributed by atoms with Crippen molar-refractivity contribution in [1.82, 2.24) is 29.5 Å². The summed E-state index contributed by atoms with van der Waals surface area (Å²) in [6.45, 7) is 0. The topological polar surface area (TPSA) is 82.7 Å². The van der Waals surface area contributed by atoms with Crippen molar-refractivity contribution in [2.24, 2.45) is 7.05 Å². The van der Waals surface area contributed by atoms with Crippen LogP contribution in [0.5, 0.6) is 5.88 Å². The Kier molecular flexibility index (Phi) is 5.01. The predicted molar refractivity (Wildman–Crippen MR) is 115 cm³/mol. The molecule has 1 saturated carbocycles. The van der Waals surface area contributed by atoms with Crippen LogP contribution < -0.4 is 10.1 Å². The van der Waals surface area contributed by atoms with E-state index in [9.17, 15) is 4.39 Å². The number of fused-ring (bicyclic) bond motifs is 1. The molecule has 1 fully saturated rings. The van der Waals surface area contributed by atoms with Crippen molar-refractivity contribution in [3.8, 4) is 17.1 Å². The summed E-state index contributed by atoms with van der Waals surface area (Å²) in [4.78, 5) is 8.50. The second-order valence-electron chi connectivity index (χ2n) is 7.87. The lowest BCUT2D eigenvalue weighted by Crippen LogP contribution is -2.26. The zero-order valence-corrected chi connectivity index (χ0v) is 17.5. The molecule has 4 heterocycles. The van der Waals surface area contributed by atoms with Crippen LogP contribution in [-0.4, -0.2) is 42.7 Å². The molecule has 9 heteroatoms. The molecule has 4 aromatic heterocycles. The van der Waals surface area contributed by atoms with Gasteiger partial charge in [-0.3, -0.25) is 9.36 Å². The number of pyridine rings is 2. The summed E-state index contributed by atoms with van der Waals surface area (Å²) >= 11 is 0. The van der Waals surface area contributed by atoms with Gasteiger partial charge >= 0.3 is 0 Å². The van der Waals surface area contributed by atoms with E-state index in [1.165, 1.54) is 6.07 Å². The summed E-state index contributed by atoms with van der Waals surface area (Å²) < 4.78 is 23.6. The van der Waals surface area contributed by atoms with E-state index in [2.05, 4.69) is 25.1 Å². The van der Waals surface area contributed by atoms with Gasteiger partial charge in [-0.1, -0.05) is 0 Å². The summed E-state index contributed by atoms with van der Waals surface area (Å²) in [5.41, 5.74) is 2.89.